The standard InChI is InChI=1S/C29H30F2N6O9/c1-17-13-43-23-12-36-11-20(27(40)34-10-18-3-4-19(30)9-21(18)31)25(39)26(24(36)28(41)37(17)23)45-16-46-29(42)44-14-22(38)33-5-2-7-35-8-6-32-15-35/h3-4,6,8-9,11,15,17,23H,2,5,7,10,12-14,16H2,1H3,(H,33,38)(H,34,40)/t17-,23+/m0/s1. The van der Waals surface area contributed by atoms with E-state index >= 15 is 0 Å². The molecule has 1 aromatic carbocycles. The van der Waals surface area contributed by atoms with Gasteiger partial charge in [0.05, 0.1) is 25.5 Å². The van der Waals surface area contributed by atoms with Crippen molar-refractivity contribution in [3.05, 3.63) is 81.8 Å². The summed E-state index contributed by atoms with van der Waals surface area (Å²) in [5.41, 5.74) is -1.69. The van der Waals surface area contributed by atoms with Gasteiger partial charge in [-0.05, 0) is 19.4 Å². The molecule has 3 aromatic rings. The Morgan fingerprint density at radius 3 is 2.74 bits per heavy atom. The fourth-order valence-electron chi connectivity index (χ4n) is 4.95. The van der Waals surface area contributed by atoms with Gasteiger partial charge >= 0.3 is 6.16 Å². The van der Waals surface area contributed by atoms with Crippen molar-refractivity contribution in [3.8, 4) is 5.75 Å². The lowest BCUT2D eigenvalue weighted by atomic mass is 10.1. The van der Waals surface area contributed by atoms with E-state index in [9.17, 15) is 32.8 Å². The van der Waals surface area contributed by atoms with E-state index in [4.69, 9.17) is 18.9 Å². The molecule has 244 valence electrons. The first kappa shape index (κ1) is 32.1. The number of aryl methyl sites for hydroxylation is 1. The zero-order valence-corrected chi connectivity index (χ0v) is 24.6. The summed E-state index contributed by atoms with van der Waals surface area (Å²) in [5.74, 6) is -4.38. The van der Waals surface area contributed by atoms with E-state index in [2.05, 4.69) is 15.6 Å². The second-order valence-electron chi connectivity index (χ2n) is 10.4. The minimum Gasteiger partial charge on any atom is -0.451 e. The van der Waals surface area contributed by atoms with Crippen molar-refractivity contribution in [1.29, 1.82) is 0 Å². The van der Waals surface area contributed by atoms with Gasteiger partial charge in [0.2, 0.25) is 18.0 Å². The zero-order chi connectivity index (χ0) is 32.8. The van der Waals surface area contributed by atoms with Crippen LogP contribution in [0.1, 0.15) is 39.8 Å². The Hall–Kier alpha value is -5.32. The van der Waals surface area contributed by atoms with Gasteiger partial charge in [-0.2, -0.15) is 0 Å². The van der Waals surface area contributed by atoms with Gasteiger partial charge < -0.3 is 43.6 Å². The predicted octanol–water partition coefficient (Wildman–Crippen LogP) is 1.15. The van der Waals surface area contributed by atoms with Crippen molar-refractivity contribution in [3.63, 3.8) is 0 Å². The number of pyridine rings is 1. The molecule has 2 aromatic heterocycles. The molecule has 4 heterocycles. The smallest absolute Gasteiger partial charge is 0.451 e. The fourth-order valence-corrected chi connectivity index (χ4v) is 4.95. The number of ether oxygens (including phenoxy) is 4. The van der Waals surface area contributed by atoms with Crippen LogP contribution in [0.2, 0.25) is 0 Å². The second-order valence-corrected chi connectivity index (χ2v) is 10.4. The lowest BCUT2D eigenvalue weighted by molar-refractivity contribution is -0.125. The highest BCUT2D eigenvalue weighted by atomic mass is 19.1. The molecular formula is C29H30F2N6O9. The predicted molar refractivity (Wildman–Crippen MR) is 151 cm³/mol. The summed E-state index contributed by atoms with van der Waals surface area (Å²) in [5, 5.41) is 4.98. The van der Waals surface area contributed by atoms with Crippen molar-refractivity contribution in [2.75, 3.05) is 26.6 Å². The number of benzene rings is 1. The molecule has 0 bridgehead atoms. The quantitative estimate of drug-likeness (QED) is 0.166. The molecule has 0 unspecified atom stereocenters. The number of halogens is 2. The summed E-state index contributed by atoms with van der Waals surface area (Å²) in [7, 11) is 0. The van der Waals surface area contributed by atoms with Gasteiger partial charge in [-0.3, -0.25) is 19.2 Å². The maximum absolute atomic E-state index is 14.1. The second kappa shape index (κ2) is 14.2. The maximum Gasteiger partial charge on any atom is 0.511 e. The molecule has 2 aliphatic rings. The van der Waals surface area contributed by atoms with Crippen molar-refractivity contribution in [1.82, 2.24) is 29.7 Å². The summed E-state index contributed by atoms with van der Waals surface area (Å²) in [6.07, 6.45) is 4.88. The van der Waals surface area contributed by atoms with Crippen LogP contribution in [-0.2, 0) is 38.6 Å². The summed E-state index contributed by atoms with van der Waals surface area (Å²) >= 11 is 0. The summed E-state index contributed by atoms with van der Waals surface area (Å²) in [6.45, 7) is 1.10. The number of nitrogens with one attached hydrogen (secondary N) is 2. The summed E-state index contributed by atoms with van der Waals surface area (Å²) in [4.78, 5) is 69.4. The maximum atomic E-state index is 14.1. The number of nitrogens with zero attached hydrogens (tertiary/aromatic N) is 4. The molecule has 2 aliphatic heterocycles. The molecular weight excluding hydrogens is 614 g/mol. The number of rotatable bonds is 12. The molecule has 0 aliphatic carbocycles. The number of fused-ring (bicyclic) bond motifs is 2. The first-order chi connectivity index (χ1) is 22.1. The van der Waals surface area contributed by atoms with Crippen LogP contribution in [-0.4, -0.2) is 81.7 Å². The minimum absolute atomic E-state index is 0.0291. The normalized spacial score (nSPS) is 16.8. The topological polar surface area (TPSA) is 172 Å². The molecule has 3 amide bonds. The number of hydrogen-bond acceptors (Lipinski definition) is 10. The Labute approximate surface area is 260 Å². The van der Waals surface area contributed by atoms with Crippen molar-refractivity contribution in [2.45, 2.75) is 45.2 Å². The average Bonchev–Trinajstić information content (AvgIpc) is 3.68. The molecule has 5 rings (SSSR count). The molecule has 0 radical (unpaired) electrons. The van der Waals surface area contributed by atoms with E-state index in [1.165, 1.54) is 9.47 Å². The van der Waals surface area contributed by atoms with Crippen molar-refractivity contribution >= 4 is 23.9 Å². The molecule has 17 heteroatoms. The number of hydrogen-bond donors (Lipinski definition) is 2. The van der Waals surface area contributed by atoms with Gasteiger partial charge in [0, 0.05) is 49.9 Å². The highest BCUT2D eigenvalue weighted by Crippen LogP contribution is 2.30. The summed E-state index contributed by atoms with van der Waals surface area (Å²) in [6, 6.07) is 2.51. The highest BCUT2D eigenvalue weighted by molar-refractivity contribution is 5.99. The third-order valence-corrected chi connectivity index (χ3v) is 7.22. The highest BCUT2D eigenvalue weighted by Gasteiger charge is 2.43. The first-order valence-electron chi connectivity index (χ1n) is 14.2. The molecule has 2 N–H and O–H groups in total. The van der Waals surface area contributed by atoms with Crippen LogP contribution >= 0.6 is 0 Å². The van der Waals surface area contributed by atoms with Gasteiger partial charge in [-0.25, -0.2) is 18.6 Å². The molecule has 0 spiro atoms. The van der Waals surface area contributed by atoms with E-state index in [0.29, 0.717) is 25.6 Å². The lowest BCUT2D eigenvalue weighted by Gasteiger charge is -2.34. The van der Waals surface area contributed by atoms with Crippen LogP contribution in [0.25, 0.3) is 0 Å². The largest absolute Gasteiger partial charge is 0.511 e. The SMILES string of the molecule is C[C@H]1CO[C@@H]2Cn3cc(C(=O)NCc4ccc(F)cc4F)c(=O)c(OCOC(=O)OCC(=O)NCCCn4ccnc4)c3C(=O)N12. The van der Waals surface area contributed by atoms with Gasteiger partial charge in [0.15, 0.2) is 18.5 Å². The van der Waals surface area contributed by atoms with Crippen LogP contribution < -0.4 is 20.8 Å². The van der Waals surface area contributed by atoms with Gasteiger partial charge in [0.1, 0.15) is 17.2 Å². The van der Waals surface area contributed by atoms with E-state index < -0.39 is 71.9 Å². The molecule has 46 heavy (non-hydrogen) atoms. The molecule has 15 nitrogen and oxygen atoms in total. The van der Waals surface area contributed by atoms with Crippen LogP contribution in [0, 0.1) is 11.6 Å². The number of amides is 3. The number of imidazole rings is 1. The Kier molecular flexibility index (Phi) is 9.90. The number of aromatic nitrogens is 3. The molecule has 1 fully saturated rings. The van der Waals surface area contributed by atoms with Gasteiger partial charge in [0.25, 0.3) is 17.7 Å². The minimum atomic E-state index is -1.29. The Balaban J connectivity index is 1.23. The van der Waals surface area contributed by atoms with E-state index in [-0.39, 0.29) is 37.0 Å². The van der Waals surface area contributed by atoms with Crippen LogP contribution in [0.15, 0.2) is 47.9 Å². The monoisotopic (exact) mass is 644 g/mol. The summed E-state index contributed by atoms with van der Waals surface area (Å²) < 4.78 is 51.2. The lowest BCUT2D eigenvalue weighted by Crippen LogP contribution is -2.49. The Bertz CT molecular complexity index is 1680. The average molecular weight is 645 g/mol. The first-order valence-corrected chi connectivity index (χ1v) is 14.2. The third kappa shape index (κ3) is 7.31. The van der Waals surface area contributed by atoms with Crippen LogP contribution in [0.3, 0.4) is 0 Å². The molecule has 2 atom stereocenters. The van der Waals surface area contributed by atoms with E-state index in [0.717, 1.165) is 18.3 Å². The Morgan fingerprint density at radius 2 is 1.98 bits per heavy atom. The molecule has 0 saturated carbocycles. The van der Waals surface area contributed by atoms with Crippen LogP contribution in [0.4, 0.5) is 13.6 Å². The van der Waals surface area contributed by atoms with Gasteiger partial charge in [-0.1, -0.05) is 6.07 Å². The van der Waals surface area contributed by atoms with E-state index in [1.807, 2.05) is 4.57 Å². The van der Waals surface area contributed by atoms with Crippen molar-refractivity contribution in [2.24, 2.45) is 0 Å². The molecule has 1 saturated heterocycles. The zero-order valence-electron chi connectivity index (χ0n) is 24.6. The third-order valence-electron chi connectivity index (χ3n) is 7.22. The van der Waals surface area contributed by atoms with Gasteiger partial charge in [-0.15, -0.1) is 0 Å². The van der Waals surface area contributed by atoms with E-state index in [1.54, 1.807) is 25.6 Å². The van der Waals surface area contributed by atoms with Crippen molar-refractivity contribution < 1.29 is 46.9 Å². The number of carbonyl (C=O) groups excluding carboxylic acids is 4. The number of carbonyl (C=O) groups is 4. The van der Waals surface area contributed by atoms with Crippen LogP contribution in [0.5, 0.6) is 5.75 Å². The Morgan fingerprint density at radius 1 is 1.15 bits per heavy atom. The fraction of sp³-hybridized carbons (Fsp3) is 0.379.